The summed E-state index contributed by atoms with van der Waals surface area (Å²) < 4.78 is 1.02. The second kappa shape index (κ2) is 6.77. The summed E-state index contributed by atoms with van der Waals surface area (Å²) in [6, 6.07) is 8.30. The quantitative estimate of drug-likeness (QED) is 0.877. The third-order valence-corrected chi connectivity index (χ3v) is 2.89. The smallest absolute Gasteiger partial charge is 0.234 e. The van der Waals surface area contributed by atoms with Crippen LogP contribution in [0.5, 0.6) is 0 Å². The predicted octanol–water partition coefficient (Wildman–Crippen LogP) is 2.62. The minimum Gasteiger partial charge on any atom is -0.348 e. The monoisotopic (exact) mass is 298 g/mol. The van der Waals surface area contributed by atoms with E-state index >= 15 is 0 Å². The molecule has 1 amide bonds. The molecule has 0 aliphatic carbocycles. The lowest BCUT2D eigenvalue weighted by Crippen LogP contribution is -2.37. The van der Waals surface area contributed by atoms with Crippen LogP contribution in [0.25, 0.3) is 0 Å². The lowest BCUT2D eigenvalue weighted by atomic mass is 10.1. The molecular formula is C13H19BrN2O. The molecule has 17 heavy (non-hydrogen) atoms. The Kier molecular flexibility index (Phi) is 5.65. The Morgan fingerprint density at radius 2 is 2.06 bits per heavy atom. The van der Waals surface area contributed by atoms with Crippen molar-refractivity contribution < 1.29 is 4.79 Å². The van der Waals surface area contributed by atoms with Gasteiger partial charge >= 0.3 is 0 Å². The number of carbonyl (C=O) groups excluding carboxylic acids is 1. The largest absolute Gasteiger partial charge is 0.348 e. The predicted molar refractivity (Wildman–Crippen MR) is 73.8 cm³/mol. The molecule has 1 aromatic rings. The maximum atomic E-state index is 11.6. The van der Waals surface area contributed by atoms with Crippen LogP contribution in [0.3, 0.4) is 0 Å². The van der Waals surface area contributed by atoms with E-state index < -0.39 is 0 Å². The van der Waals surface area contributed by atoms with E-state index in [0.717, 1.165) is 10.0 Å². The third kappa shape index (κ3) is 5.33. The minimum absolute atomic E-state index is 0.0196. The molecule has 1 atom stereocenters. The lowest BCUT2D eigenvalue weighted by Gasteiger charge is -2.15. The van der Waals surface area contributed by atoms with Gasteiger partial charge < -0.3 is 10.6 Å². The molecule has 1 aromatic carbocycles. The summed E-state index contributed by atoms with van der Waals surface area (Å²) in [5.41, 5.74) is 1.09. The molecular weight excluding hydrogens is 280 g/mol. The van der Waals surface area contributed by atoms with Crippen molar-refractivity contribution in [2.24, 2.45) is 0 Å². The van der Waals surface area contributed by atoms with Crippen molar-refractivity contribution in [2.45, 2.75) is 32.9 Å². The second-order valence-electron chi connectivity index (χ2n) is 4.38. The highest BCUT2D eigenvalue weighted by Crippen LogP contribution is 2.17. The maximum Gasteiger partial charge on any atom is 0.234 e. The van der Waals surface area contributed by atoms with Crippen molar-refractivity contribution in [3.8, 4) is 0 Å². The second-order valence-corrected chi connectivity index (χ2v) is 5.30. The standard InChI is InChI=1S/C13H19BrN2O/c1-9(2)15-8-13(17)16-10(3)11-5-4-6-12(14)7-11/h4-7,9-10,15H,8H2,1-3H3,(H,16,17)/t10-/m1/s1. The molecule has 0 aromatic heterocycles. The molecule has 0 bridgehead atoms. The highest BCUT2D eigenvalue weighted by atomic mass is 79.9. The van der Waals surface area contributed by atoms with Gasteiger partial charge in [-0.25, -0.2) is 0 Å². The Bertz CT molecular complexity index is 379. The van der Waals surface area contributed by atoms with Crippen LogP contribution >= 0.6 is 15.9 Å². The molecule has 0 saturated heterocycles. The van der Waals surface area contributed by atoms with Crippen LogP contribution in [0, 0.1) is 0 Å². The molecule has 4 heteroatoms. The zero-order valence-electron chi connectivity index (χ0n) is 10.5. The topological polar surface area (TPSA) is 41.1 Å². The molecule has 0 fully saturated rings. The number of benzene rings is 1. The van der Waals surface area contributed by atoms with Crippen molar-refractivity contribution in [2.75, 3.05) is 6.54 Å². The van der Waals surface area contributed by atoms with E-state index in [1.165, 1.54) is 0 Å². The summed E-state index contributed by atoms with van der Waals surface area (Å²) in [5, 5.41) is 6.05. The SMILES string of the molecule is CC(C)NCC(=O)N[C@H](C)c1cccc(Br)c1. The third-order valence-electron chi connectivity index (χ3n) is 2.40. The van der Waals surface area contributed by atoms with Gasteiger partial charge in [-0.15, -0.1) is 0 Å². The van der Waals surface area contributed by atoms with E-state index in [4.69, 9.17) is 0 Å². The van der Waals surface area contributed by atoms with Crippen molar-refractivity contribution in [3.63, 3.8) is 0 Å². The van der Waals surface area contributed by atoms with Crippen LogP contribution < -0.4 is 10.6 Å². The van der Waals surface area contributed by atoms with Crippen LogP contribution in [0.2, 0.25) is 0 Å². The number of halogens is 1. The summed E-state index contributed by atoms with van der Waals surface area (Å²) in [6.45, 7) is 6.38. The van der Waals surface area contributed by atoms with Crippen LogP contribution in [-0.4, -0.2) is 18.5 Å². The first-order valence-corrected chi connectivity index (χ1v) is 6.56. The van der Waals surface area contributed by atoms with Crippen molar-refractivity contribution in [3.05, 3.63) is 34.3 Å². The van der Waals surface area contributed by atoms with Gasteiger partial charge in [0.15, 0.2) is 0 Å². The number of hydrogen-bond acceptors (Lipinski definition) is 2. The van der Waals surface area contributed by atoms with Crippen molar-refractivity contribution in [1.29, 1.82) is 0 Å². The number of carbonyl (C=O) groups is 1. The Morgan fingerprint density at radius 3 is 2.65 bits per heavy atom. The molecule has 1 rings (SSSR count). The first kappa shape index (κ1) is 14.2. The Hall–Kier alpha value is -0.870. The summed E-state index contributed by atoms with van der Waals surface area (Å²) in [5.74, 6) is 0.0196. The molecule has 0 heterocycles. The molecule has 0 aliphatic rings. The fourth-order valence-corrected chi connectivity index (χ4v) is 1.87. The van der Waals surface area contributed by atoms with Crippen LogP contribution in [0.4, 0.5) is 0 Å². The summed E-state index contributed by atoms with van der Waals surface area (Å²) in [6.07, 6.45) is 0. The first-order valence-electron chi connectivity index (χ1n) is 5.77. The Morgan fingerprint density at radius 1 is 1.35 bits per heavy atom. The average molecular weight is 299 g/mol. The zero-order valence-corrected chi connectivity index (χ0v) is 12.0. The van der Waals surface area contributed by atoms with Gasteiger partial charge in [-0.2, -0.15) is 0 Å². The molecule has 0 radical (unpaired) electrons. The van der Waals surface area contributed by atoms with Gasteiger partial charge in [-0.1, -0.05) is 41.9 Å². The number of amides is 1. The normalized spacial score (nSPS) is 12.5. The van der Waals surface area contributed by atoms with Gasteiger partial charge in [0.25, 0.3) is 0 Å². The van der Waals surface area contributed by atoms with Gasteiger partial charge in [0.1, 0.15) is 0 Å². The zero-order chi connectivity index (χ0) is 12.8. The van der Waals surface area contributed by atoms with Gasteiger partial charge in [0.2, 0.25) is 5.91 Å². The summed E-state index contributed by atoms with van der Waals surface area (Å²) >= 11 is 3.42. The Labute approximate surface area is 111 Å². The van der Waals surface area contributed by atoms with Gasteiger partial charge in [-0.05, 0) is 24.6 Å². The number of hydrogen-bond donors (Lipinski definition) is 2. The van der Waals surface area contributed by atoms with E-state index in [9.17, 15) is 4.79 Å². The Balaban J connectivity index is 2.48. The van der Waals surface area contributed by atoms with Crippen LogP contribution in [0.15, 0.2) is 28.7 Å². The van der Waals surface area contributed by atoms with Gasteiger partial charge in [0, 0.05) is 10.5 Å². The molecule has 2 N–H and O–H groups in total. The average Bonchev–Trinajstić information content (AvgIpc) is 2.26. The fraction of sp³-hybridized carbons (Fsp3) is 0.462. The van der Waals surface area contributed by atoms with Crippen LogP contribution in [0.1, 0.15) is 32.4 Å². The highest BCUT2D eigenvalue weighted by molar-refractivity contribution is 9.10. The van der Waals surface area contributed by atoms with E-state index in [1.54, 1.807) is 0 Å². The molecule has 0 aliphatic heterocycles. The number of rotatable bonds is 5. The molecule has 0 unspecified atom stereocenters. The van der Waals surface area contributed by atoms with Crippen molar-refractivity contribution >= 4 is 21.8 Å². The van der Waals surface area contributed by atoms with Gasteiger partial charge in [-0.3, -0.25) is 4.79 Å². The lowest BCUT2D eigenvalue weighted by molar-refractivity contribution is -0.121. The highest BCUT2D eigenvalue weighted by Gasteiger charge is 2.09. The minimum atomic E-state index is 0.0196. The van der Waals surface area contributed by atoms with E-state index in [1.807, 2.05) is 45.0 Å². The summed E-state index contributed by atoms with van der Waals surface area (Å²) in [4.78, 5) is 11.6. The van der Waals surface area contributed by atoms with E-state index in [2.05, 4.69) is 26.6 Å². The van der Waals surface area contributed by atoms with Crippen LogP contribution in [-0.2, 0) is 4.79 Å². The molecule has 0 saturated carbocycles. The fourth-order valence-electron chi connectivity index (χ4n) is 1.45. The summed E-state index contributed by atoms with van der Waals surface area (Å²) in [7, 11) is 0. The van der Waals surface area contributed by atoms with Gasteiger partial charge in [0.05, 0.1) is 12.6 Å². The van der Waals surface area contributed by atoms with E-state index in [0.29, 0.717) is 12.6 Å². The molecule has 94 valence electrons. The molecule has 0 spiro atoms. The number of nitrogens with one attached hydrogen (secondary N) is 2. The van der Waals surface area contributed by atoms with Crippen molar-refractivity contribution in [1.82, 2.24) is 10.6 Å². The molecule has 3 nitrogen and oxygen atoms in total. The first-order chi connectivity index (χ1) is 7.99. The van der Waals surface area contributed by atoms with E-state index in [-0.39, 0.29) is 11.9 Å². The maximum absolute atomic E-state index is 11.6.